The highest BCUT2D eigenvalue weighted by Gasteiger charge is 2.24. The van der Waals surface area contributed by atoms with Crippen molar-refractivity contribution in [2.75, 3.05) is 5.73 Å². The van der Waals surface area contributed by atoms with Gasteiger partial charge in [0, 0.05) is 11.3 Å². The van der Waals surface area contributed by atoms with Crippen LogP contribution in [0.2, 0.25) is 0 Å². The molecule has 0 aliphatic heterocycles. The molecule has 1 amide bonds. The Labute approximate surface area is 130 Å². The maximum Gasteiger partial charge on any atom is 0.251 e. The lowest BCUT2D eigenvalue weighted by Gasteiger charge is -2.14. The smallest absolute Gasteiger partial charge is 0.251 e. The maximum atomic E-state index is 13.2. The molecule has 2 aromatic rings. The maximum absolute atomic E-state index is 13.2. The van der Waals surface area contributed by atoms with Gasteiger partial charge < -0.3 is 11.1 Å². The van der Waals surface area contributed by atoms with Crippen molar-refractivity contribution in [1.29, 1.82) is 0 Å². The molecule has 21 heavy (non-hydrogen) atoms. The number of aryl methyl sites for hydroxylation is 1. The molecule has 5 heteroatoms. The predicted molar refractivity (Wildman–Crippen MR) is 83.5 cm³/mol. The van der Waals surface area contributed by atoms with Crippen LogP contribution in [0.25, 0.3) is 0 Å². The summed E-state index contributed by atoms with van der Waals surface area (Å²) in [4.78, 5) is 12.3. The van der Waals surface area contributed by atoms with E-state index in [1.807, 2.05) is 18.2 Å². The number of hydrogen-bond acceptors (Lipinski definition) is 2. The first kappa shape index (κ1) is 14.1. The second kappa shape index (κ2) is 5.48. The lowest BCUT2D eigenvalue weighted by atomic mass is 10.1. The number of amides is 1. The summed E-state index contributed by atoms with van der Waals surface area (Å²) in [6.45, 7) is 0. The van der Waals surface area contributed by atoms with Crippen molar-refractivity contribution in [2.45, 2.75) is 18.9 Å². The number of fused-ring (bicyclic) bond motifs is 1. The third-order valence-electron chi connectivity index (χ3n) is 3.73. The van der Waals surface area contributed by atoms with E-state index >= 15 is 0 Å². The summed E-state index contributed by atoms with van der Waals surface area (Å²) in [7, 11) is 0. The zero-order chi connectivity index (χ0) is 15.0. The Balaban J connectivity index is 1.79. The fourth-order valence-electron chi connectivity index (χ4n) is 2.67. The van der Waals surface area contributed by atoms with Gasteiger partial charge in [-0.1, -0.05) is 6.07 Å². The molecule has 3 nitrogen and oxygen atoms in total. The minimum Gasteiger partial charge on any atom is -0.399 e. The summed E-state index contributed by atoms with van der Waals surface area (Å²) in [5.41, 5.74) is 9.24. The number of carbonyl (C=O) groups excluding carboxylic acids is 1. The summed E-state index contributed by atoms with van der Waals surface area (Å²) in [5.74, 6) is -0.585. The zero-order valence-corrected chi connectivity index (χ0v) is 12.8. The van der Waals surface area contributed by atoms with Crippen LogP contribution in [0.1, 0.15) is 33.9 Å². The van der Waals surface area contributed by atoms with E-state index in [1.165, 1.54) is 23.8 Å². The first-order valence-corrected chi connectivity index (χ1v) is 7.48. The number of carbonyl (C=O) groups is 1. The van der Waals surface area contributed by atoms with Gasteiger partial charge in [0.05, 0.1) is 10.5 Å². The Morgan fingerprint density at radius 1 is 1.29 bits per heavy atom. The number of rotatable bonds is 2. The summed E-state index contributed by atoms with van der Waals surface area (Å²) in [6, 6.07) is 9.99. The van der Waals surface area contributed by atoms with Gasteiger partial charge in [-0.2, -0.15) is 0 Å². The SMILES string of the molecule is Nc1ccc2c(c1)CCC2NC(=O)c1ccc(F)c(Br)c1. The highest BCUT2D eigenvalue weighted by atomic mass is 79.9. The summed E-state index contributed by atoms with van der Waals surface area (Å²) >= 11 is 3.09. The molecular formula is C16H14BrFN2O. The summed E-state index contributed by atoms with van der Waals surface area (Å²) in [5, 5.41) is 2.99. The highest BCUT2D eigenvalue weighted by molar-refractivity contribution is 9.10. The lowest BCUT2D eigenvalue weighted by Crippen LogP contribution is -2.27. The predicted octanol–water partition coefficient (Wildman–Crippen LogP) is 3.59. The molecule has 3 rings (SSSR count). The van der Waals surface area contributed by atoms with Gasteiger partial charge in [-0.25, -0.2) is 4.39 Å². The minimum absolute atomic E-state index is 0.0167. The standard InChI is InChI=1S/C16H14BrFN2O/c17-13-8-10(1-5-14(13)18)16(21)20-15-6-2-9-7-11(19)3-4-12(9)15/h1,3-5,7-8,15H,2,6,19H2,(H,20,21). The molecule has 1 atom stereocenters. The van der Waals surface area contributed by atoms with Crippen molar-refractivity contribution in [3.8, 4) is 0 Å². The Morgan fingerprint density at radius 2 is 2.10 bits per heavy atom. The molecule has 1 aliphatic carbocycles. The number of nitrogens with one attached hydrogen (secondary N) is 1. The fraction of sp³-hybridized carbons (Fsp3) is 0.188. The monoisotopic (exact) mass is 348 g/mol. The second-order valence-corrected chi connectivity index (χ2v) is 6.01. The van der Waals surface area contributed by atoms with Crippen LogP contribution >= 0.6 is 15.9 Å². The van der Waals surface area contributed by atoms with Crippen molar-refractivity contribution in [3.05, 3.63) is 63.4 Å². The quantitative estimate of drug-likeness (QED) is 0.815. The van der Waals surface area contributed by atoms with Crippen LogP contribution < -0.4 is 11.1 Å². The van der Waals surface area contributed by atoms with Crippen LogP contribution in [0.4, 0.5) is 10.1 Å². The van der Waals surface area contributed by atoms with E-state index in [0.29, 0.717) is 5.56 Å². The van der Waals surface area contributed by atoms with Crippen molar-refractivity contribution in [1.82, 2.24) is 5.32 Å². The van der Waals surface area contributed by atoms with Gasteiger partial charge in [-0.05, 0) is 70.2 Å². The molecule has 108 valence electrons. The zero-order valence-electron chi connectivity index (χ0n) is 11.2. The average molecular weight is 349 g/mol. The third kappa shape index (κ3) is 2.78. The molecule has 0 fully saturated rings. The number of benzene rings is 2. The van der Waals surface area contributed by atoms with Crippen molar-refractivity contribution in [2.24, 2.45) is 0 Å². The Kier molecular flexibility index (Phi) is 3.68. The fourth-order valence-corrected chi connectivity index (χ4v) is 3.05. The molecule has 0 saturated heterocycles. The van der Waals surface area contributed by atoms with Gasteiger partial charge >= 0.3 is 0 Å². The number of anilines is 1. The van der Waals surface area contributed by atoms with Gasteiger partial charge in [0.25, 0.3) is 5.91 Å². The van der Waals surface area contributed by atoms with Gasteiger partial charge in [-0.15, -0.1) is 0 Å². The molecule has 1 aliphatic rings. The molecule has 3 N–H and O–H groups in total. The lowest BCUT2D eigenvalue weighted by molar-refractivity contribution is 0.0936. The molecule has 0 aromatic heterocycles. The molecule has 0 heterocycles. The molecule has 0 spiro atoms. The Morgan fingerprint density at radius 3 is 2.86 bits per heavy atom. The molecule has 0 bridgehead atoms. The number of nitrogen functional groups attached to an aromatic ring is 1. The van der Waals surface area contributed by atoms with Crippen LogP contribution in [-0.4, -0.2) is 5.91 Å². The topological polar surface area (TPSA) is 55.1 Å². The van der Waals surface area contributed by atoms with E-state index in [0.717, 1.165) is 24.1 Å². The van der Waals surface area contributed by atoms with E-state index in [9.17, 15) is 9.18 Å². The van der Waals surface area contributed by atoms with Crippen LogP contribution in [0.3, 0.4) is 0 Å². The van der Waals surface area contributed by atoms with E-state index in [4.69, 9.17) is 5.73 Å². The number of nitrogens with two attached hydrogens (primary N) is 1. The van der Waals surface area contributed by atoms with Crippen molar-refractivity contribution >= 4 is 27.5 Å². The van der Waals surface area contributed by atoms with Crippen molar-refractivity contribution < 1.29 is 9.18 Å². The summed E-state index contributed by atoms with van der Waals surface area (Å²) in [6.07, 6.45) is 1.76. The first-order valence-electron chi connectivity index (χ1n) is 6.69. The molecular weight excluding hydrogens is 335 g/mol. The van der Waals surface area contributed by atoms with Crippen molar-refractivity contribution in [3.63, 3.8) is 0 Å². The van der Waals surface area contributed by atoms with Gasteiger partial charge in [-0.3, -0.25) is 4.79 Å². The van der Waals surface area contributed by atoms with E-state index in [2.05, 4.69) is 21.2 Å². The molecule has 0 saturated carbocycles. The van der Waals surface area contributed by atoms with Crippen LogP contribution in [0.15, 0.2) is 40.9 Å². The van der Waals surface area contributed by atoms with E-state index < -0.39 is 0 Å². The number of halogens is 2. The van der Waals surface area contributed by atoms with Gasteiger partial charge in [0.15, 0.2) is 0 Å². The van der Waals surface area contributed by atoms with Crippen LogP contribution in [-0.2, 0) is 6.42 Å². The van der Waals surface area contributed by atoms with Gasteiger partial charge in [0.1, 0.15) is 5.82 Å². The van der Waals surface area contributed by atoms with Gasteiger partial charge in [0.2, 0.25) is 0 Å². The minimum atomic E-state index is -0.381. The summed E-state index contributed by atoms with van der Waals surface area (Å²) < 4.78 is 13.5. The molecule has 1 unspecified atom stereocenters. The van der Waals surface area contributed by atoms with E-state index in [-0.39, 0.29) is 22.2 Å². The Bertz CT molecular complexity index is 717. The molecule has 0 radical (unpaired) electrons. The highest BCUT2D eigenvalue weighted by Crippen LogP contribution is 2.32. The van der Waals surface area contributed by atoms with Crippen LogP contribution in [0, 0.1) is 5.82 Å². The second-order valence-electron chi connectivity index (χ2n) is 5.15. The largest absolute Gasteiger partial charge is 0.399 e. The average Bonchev–Trinajstić information content (AvgIpc) is 2.84. The van der Waals surface area contributed by atoms with Crippen LogP contribution in [0.5, 0.6) is 0 Å². The van der Waals surface area contributed by atoms with E-state index in [1.54, 1.807) is 0 Å². The first-order chi connectivity index (χ1) is 10.0. The number of hydrogen-bond donors (Lipinski definition) is 2. The molecule has 2 aromatic carbocycles. The third-order valence-corrected chi connectivity index (χ3v) is 4.34. The Hall–Kier alpha value is -1.88. The normalized spacial score (nSPS) is 16.6.